The average Bonchev–Trinajstić information content (AvgIpc) is 3.49. The van der Waals surface area contributed by atoms with E-state index in [0.717, 1.165) is 24.5 Å². The Bertz CT molecular complexity index is 1210. The summed E-state index contributed by atoms with van der Waals surface area (Å²) >= 11 is 3.35. The first-order valence-electron chi connectivity index (χ1n) is 12.6. The summed E-state index contributed by atoms with van der Waals surface area (Å²) in [5.41, 5.74) is 12.4. The van der Waals surface area contributed by atoms with E-state index in [1.54, 1.807) is 0 Å². The molecule has 7 heteroatoms. The molecule has 0 fully saturated rings. The van der Waals surface area contributed by atoms with Crippen molar-refractivity contribution >= 4 is 21.6 Å². The molecular weight excluding hydrogens is 537 g/mol. The van der Waals surface area contributed by atoms with Gasteiger partial charge >= 0.3 is 24.8 Å². The van der Waals surface area contributed by atoms with Gasteiger partial charge in [0.2, 0.25) is 0 Å². The fourth-order valence-corrected chi connectivity index (χ4v) is 5.48. The molecule has 3 heterocycles. The van der Waals surface area contributed by atoms with Crippen molar-refractivity contribution in [2.45, 2.75) is 54.6 Å². The summed E-state index contributed by atoms with van der Waals surface area (Å²) in [7, 11) is 4.26. The van der Waals surface area contributed by atoms with Gasteiger partial charge in [0.25, 0.3) is 0 Å². The maximum atomic E-state index is 4.96. The van der Waals surface area contributed by atoms with E-state index in [1.165, 1.54) is 44.8 Å². The van der Waals surface area contributed by atoms with Gasteiger partial charge in [0, 0.05) is 24.5 Å². The number of benzene rings is 2. The predicted octanol–water partition coefficient (Wildman–Crippen LogP) is 7.44. The van der Waals surface area contributed by atoms with E-state index in [2.05, 4.69) is 167 Å². The SMILES string of the molecule is Cc1cc(C)c(N2C=CN(Cc3cccc(CN4C=CN(c5c(C)cc(C)cc5C)[CH-]4)n3)[CH-]2)c(C)c1.[Cl][Ni]. The van der Waals surface area contributed by atoms with Crippen LogP contribution in [0.3, 0.4) is 0 Å². The molecule has 1 aromatic heterocycles. The second kappa shape index (κ2) is 12.3. The zero-order chi connectivity index (χ0) is 27.4. The number of aromatic nitrogens is 1. The van der Waals surface area contributed by atoms with Crippen molar-refractivity contribution in [1.29, 1.82) is 0 Å². The second-order valence-electron chi connectivity index (χ2n) is 10.1. The number of hydrogen-bond acceptors (Lipinski definition) is 5. The molecule has 38 heavy (non-hydrogen) atoms. The van der Waals surface area contributed by atoms with E-state index in [4.69, 9.17) is 4.98 Å². The van der Waals surface area contributed by atoms with Gasteiger partial charge in [-0.25, -0.2) is 0 Å². The molecule has 0 aliphatic carbocycles. The van der Waals surface area contributed by atoms with Gasteiger partial charge in [-0.15, -0.1) is 0 Å². The molecule has 0 atom stereocenters. The number of rotatable bonds is 6. The number of anilines is 2. The first kappa shape index (κ1) is 28.1. The van der Waals surface area contributed by atoms with E-state index >= 15 is 0 Å². The van der Waals surface area contributed by atoms with E-state index in [9.17, 15) is 0 Å². The van der Waals surface area contributed by atoms with Gasteiger partial charge in [-0.2, -0.15) is 13.3 Å². The molecule has 2 aliphatic rings. The van der Waals surface area contributed by atoms with Crippen molar-refractivity contribution in [2.75, 3.05) is 9.80 Å². The molecular formula is C31H35ClN5Ni-2. The van der Waals surface area contributed by atoms with Gasteiger partial charge in [0.05, 0.1) is 11.4 Å². The number of aryl methyl sites for hydroxylation is 6. The van der Waals surface area contributed by atoms with Gasteiger partial charge in [-0.05, 0) is 101 Å². The third kappa shape index (κ3) is 6.36. The van der Waals surface area contributed by atoms with Crippen LogP contribution in [0.1, 0.15) is 44.8 Å². The maximum absolute atomic E-state index is 4.96. The summed E-state index contributed by atoms with van der Waals surface area (Å²) in [6.07, 6.45) is 8.49. The van der Waals surface area contributed by atoms with Crippen LogP contribution in [0.2, 0.25) is 0 Å². The van der Waals surface area contributed by atoms with E-state index in [0.29, 0.717) is 0 Å². The number of hydrogen-bond donors (Lipinski definition) is 0. The summed E-state index contributed by atoms with van der Waals surface area (Å²) in [6, 6.07) is 15.3. The van der Waals surface area contributed by atoms with Crippen LogP contribution < -0.4 is 9.80 Å². The Morgan fingerprint density at radius 2 is 1.00 bits per heavy atom. The van der Waals surface area contributed by atoms with Crippen LogP contribution in [0, 0.1) is 54.9 Å². The van der Waals surface area contributed by atoms with Crippen molar-refractivity contribution in [1.82, 2.24) is 14.8 Å². The number of halogens is 1. The quantitative estimate of drug-likeness (QED) is 0.226. The molecule has 0 saturated heterocycles. The van der Waals surface area contributed by atoms with Crippen LogP contribution in [-0.4, -0.2) is 14.8 Å². The molecule has 5 rings (SSSR count). The summed E-state index contributed by atoms with van der Waals surface area (Å²) in [6.45, 7) is 18.8. The third-order valence-electron chi connectivity index (χ3n) is 6.72. The van der Waals surface area contributed by atoms with E-state index < -0.39 is 0 Å². The normalized spacial score (nSPS) is 14.4. The molecule has 0 saturated carbocycles. The molecule has 0 amide bonds. The average molecular weight is 572 g/mol. The van der Waals surface area contributed by atoms with Crippen molar-refractivity contribution in [3.63, 3.8) is 0 Å². The van der Waals surface area contributed by atoms with Crippen LogP contribution in [0.15, 0.2) is 67.3 Å². The minimum absolute atomic E-state index is 0.734. The van der Waals surface area contributed by atoms with E-state index in [1.807, 2.05) is 0 Å². The molecule has 2 aliphatic heterocycles. The standard InChI is InChI=1S/C31H35N5.ClH.Ni/c1-22-14-24(3)30(25(4)15-22)35-12-10-33(20-35)18-28-8-7-9-29(32-28)19-34-11-13-36(21-34)31-26(5)16-23(2)17-27(31)6;;/h7-17,20-21H,18-19H2,1-6H3;1H;/q-2;;+1/p-1. The first-order valence-corrected chi connectivity index (χ1v) is 14.0. The number of pyridine rings is 1. The van der Waals surface area contributed by atoms with Crippen molar-refractivity contribution in [2.24, 2.45) is 0 Å². The Morgan fingerprint density at radius 1 is 0.632 bits per heavy atom. The Kier molecular flexibility index (Phi) is 9.07. The van der Waals surface area contributed by atoms with Gasteiger partial charge in [0.15, 0.2) is 0 Å². The summed E-state index contributed by atoms with van der Waals surface area (Å²) in [5, 5.41) is 0. The van der Waals surface area contributed by atoms with Crippen LogP contribution >= 0.6 is 10.2 Å². The Labute approximate surface area is 240 Å². The summed E-state index contributed by atoms with van der Waals surface area (Å²) in [5.74, 6) is 0. The molecule has 0 radical (unpaired) electrons. The Morgan fingerprint density at radius 3 is 1.37 bits per heavy atom. The first-order chi connectivity index (χ1) is 18.3. The zero-order valence-corrected chi connectivity index (χ0v) is 24.6. The molecule has 0 bridgehead atoms. The monoisotopic (exact) mass is 570 g/mol. The van der Waals surface area contributed by atoms with Crippen molar-refractivity contribution < 1.29 is 14.6 Å². The second-order valence-corrected chi connectivity index (χ2v) is 10.1. The Hall–Kier alpha value is -2.95. The van der Waals surface area contributed by atoms with Gasteiger partial charge in [-0.3, -0.25) is 4.98 Å². The van der Waals surface area contributed by atoms with E-state index in [-0.39, 0.29) is 0 Å². The topological polar surface area (TPSA) is 25.9 Å². The van der Waals surface area contributed by atoms with Crippen molar-refractivity contribution in [3.05, 3.63) is 125 Å². The fraction of sp³-hybridized carbons (Fsp3) is 0.258. The zero-order valence-electron chi connectivity index (χ0n) is 22.9. The molecule has 2 aromatic carbocycles. The van der Waals surface area contributed by atoms with Crippen molar-refractivity contribution in [3.8, 4) is 0 Å². The predicted molar refractivity (Wildman–Crippen MR) is 154 cm³/mol. The third-order valence-corrected chi connectivity index (χ3v) is 6.72. The van der Waals surface area contributed by atoms with Gasteiger partial charge in [-0.1, -0.05) is 41.5 Å². The molecule has 0 spiro atoms. The van der Waals surface area contributed by atoms with Gasteiger partial charge < -0.3 is 19.6 Å². The molecule has 0 unspecified atom stereocenters. The fourth-order valence-electron chi connectivity index (χ4n) is 5.48. The Balaban J connectivity index is 0.00000164. The van der Waals surface area contributed by atoms with Crippen LogP contribution in [-0.2, 0) is 27.7 Å². The molecule has 0 N–H and O–H groups in total. The molecule has 203 valence electrons. The van der Waals surface area contributed by atoms with Crippen LogP contribution in [0.4, 0.5) is 11.4 Å². The summed E-state index contributed by atoms with van der Waals surface area (Å²) in [4.78, 5) is 13.8. The molecule has 5 nitrogen and oxygen atoms in total. The number of nitrogens with zero attached hydrogens (tertiary/aromatic N) is 5. The van der Waals surface area contributed by atoms with Crippen LogP contribution in [0.25, 0.3) is 0 Å². The molecule has 3 aromatic rings. The van der Waals surface area contributed by atoms with Crippen LogP contribution in [0.5, 0.6) is 0 Å². The van der Waals surface area contributed by atoms with Gasteiger partial charge in [0.1, 0.15) is 0 Å². The summed E-state index contributed by atoms with van der Waals surface area (Å²) < 4.78 is 0. The minimum atomic E-state index is 0.734.